The minimum Gasteiger partial charge on any atom is -0.330 e. The molecule has 0 aliphatic rings. The van der Waals surface area contributed by atoms with Crippen molar-refractivity contribution in [3.8, 4) is 0 Å². The Morgan fingerprint density at radius 3 is 2.37 bits per heavy atom. The van der Waals surface area contributed by atoms with E-state index in [1.54, 1.807) is 12.1 Å². The first-order chi connectivity index (χ1) is 8.84. The Balaban J connectivity index is 2.46. The van der Waals surface area contributed by atoms with Gasteiger partial charge in [-0.25, -0.2) is 0 Å². The summed E-state index contributed by atoms with van der Waals surface area (Å²) < 4.78 is 0. The lowest BCUT2D eigenvalue weighted by atomic mass is 9.93. The predicted molar refractivity (Wildman–Crippen MR) is 77.1 cm³/mol. The summed E-state index contributed by atoms with van der Waals surface area (Å²) in [5.74, 6) is 0. The highest BCUT2D eigenvalue weighted by atomic mass is 16.6. The Labute approximate surface area is 114 Å². The van der Waals surface area contributed by atoms with Crippen LogP contribution in [0.15, 0.2) is 24.3 Å². The number of non-ortho nitro benzene ring substituents is 1. The highest BCUT2D eigenvalue weighted by Gasteiger charge is 2.17. The number of nitrogens with zero attached hydrogens (tertiary/aromatic N) is 2. The van der Waals surface area contributed by atoms with Gasteiger partial charge in [0.1, 0.15) is 0 Å². The number of benzene rings is 1. The summed E-state index contributed by atoms with van der Waals surface area (Å²) in [7, 11) is 2.07. The van der Waals surface area contributed by atoms with Gasteiger partial charge in [-0.15, -0.1) is 0 Å². The average Bonchev–Trinajstić information content (AvgIpc) is 2.36. The van der Waals surface area contributed by atoms with Gasteiger partial charge in [0.2, 0.25) is 0 Å². The summed E-state index contributed by atoms with van der Waals surface area (Å²) in [6.45, 7) is 6.82. The minimum atomic E-state index is -0.375. The van der Waals surface area contributed by atoms with E-state index in [1.807, 2.05) is 12.1 Å². The van der Waals surface area contributed by atoms with Gasteiger partial charge in [0.15, 0.2) is 0 Å². The van der Waals surface area contributed by atoms with E-state index in [2.05, 4.69) is 25.8 Å². The van der Waals surface area contributed by atoms with E-state index >= 15 is 0 Å². The molecule has 2 N–H and O–H groups in total. The van der Waals surface area contributed by atoms with Crippen LogP contribution in [0.3, 0.4) is 0 Å². The van der Waals surface area contributed by atoms with Crippen LogP contribution in [0.25, 0.3) is 0 Å². The van der Waals surface area contributed by atoms with Crippen molar-refractivity contribution in [3.05, 3.63) is 39.9 Å². The molecule has 0 saturated carbocycles. The quantitative estimate of drug-likeness (QED) is 0.605. The molecule has 1 aromatic carbocycles. The first-order valence-electron chi connectivity index (χ1n) is 6.46. The third kappa shape index (κ3) is 5.36. The average molecular weight is 265 g/mol. The molecule has 0 aliphatic heterocycles. The van der Waals surface area contributed by atoms with Crippen LogP contribution in [0, 0.1) is 15.5 Å². The van der Waals surface area contributed by atoms with Crippen molar-refractivity contribution in [2.24, 2.45) is 11.1 Å². The van der Waals surface area contributed by atoms with E-state index in [1.165, 1.54) is 0 Å². The fourth-order valence-electron chi connectivity index (χ4n) is 1.98. The van der Waals surface area contributed by atoms with Gasteiger partial charge < -0.3 is 10.6 Å². The topological polar surface area (TPSA) is 72.4 Å². The zero-order chi connectivity index (χ0) is 14.5. The van der Waals surface area contributed by atoms with Gasteiger partial charge in [-0.3, -0.25) is 10.1 Å². The van der Waals surface area contributed by atoms with Crippen molar-refractivity contribution in [1.29, 1.82) is 0 Å². The maximum atomic E-state index is 10.6. The molecule has 0 amide bonds. The zero-order valence-electron chi connectivity index (χ0n) is 11.9. The lowest BCUT2D eigenvalue weighted by molar-refractivity contribution is -0.384. The van der Waals surface area contributed by atoms with E-state index in [0.29, 0.717) is 6.54 Å². The van der Waals surface area contributed by atoms with Gasteiger partial charge in [0.05, 0.1) is 4.92 Å². The summed E-state index contributed by atoms with van der Waals surface area (Å²) in [5, 5.41) is 10.6. The molecule has 0 saturated heterocycles. The molecule has 0 heterocycles. The Bertz CT molecular complexity index is 415. The standard InChI is InChI=1S/C14H23N3O2/c1-14(2,10-15)11-16(3)9-8-12-4-6-13(7-5-12)17(18)19/h4-7H,8-11,15H2,1-3H3. The SMILES string of the molecule is CN(CCc1ccc([N+](=O)[O-])cc1)CC(C)(C)CN. The Morgan fingerprint density at radius 2 is 1.89 bits per heavy atom. The van der Waals surface area contributed by atoms with Crippen molar-refractivity contribution in [2.75, 3.05) is 26.7 Å². The van der Waals surface area contributed by atoms with Crippen LogP contribution < -0.4 is 5.73 Å². The number of nitrogens with two attached hydrogens (primary N) is 1. The molecular formula is C14H23N3O2. The van der Waals surface area contributed by atoms with Crippen LogP contribution in [0.5, 0.6) is 0 Å². The number of nitro benzene ring substituents is 1. The molecule has 0 atom stereocenters. The normalized spacial score (nSPS) is 11.8. The van der Waals surface area contributed by atoms with Gasteiger partial charge in [0, 0.05) is 25.2 Å². The molecule has 1 rings (SSSR count). The molecule has 1 aromatic rings. The van der Waals surface area contributed by atoms with Crippen LogP contribution in [-0.2, 0) is 6.42 Å². The predicted octanol–water partition coefficient (Wildman–Crippen LogP) is 2.05. The molecular weight excluding hydrogens is 242 g/mol. The fraction of sp³-hybridized carbons (Fsp3) is 0.571. The highest BCUT2D eigenvalue weighted by Crippen LogP contribution is 2.15. The number of nitro groups is 1. The molecule has 0 aromatic heterocycles. The lowest BCUT2D eigenvalue weighted by Crippen LogP contribution is -2.37. The van der Waals surface area contributed by atoms with E-state index in [4.69, 9.17) is 5.73 Å². The molecule has 0 spiro atoms. The van der Waals surface area contributed by atoms with Gasteiger partial charge in [-0.05, 0) is 31.0 Å². The fourth-order valence-corrected chi connectivity index (χ4v) is 1.98. The molecule has 0 radical (unpaired) electrons. The van der Waals surface area contributed by atoms with Gasteiger partial charge in [-0.1, -0.05) is 26.0 Å². The molecule has 0 unspecified atom stereocenters. The van der Waals surface area contributed by atoms with E-state index in [9.17, 15) is 10.1 Å². The summed E-state index contributed by atoms with van der Waals surface area (Å²) in [6, 6.07) is 6.75. The summed E-state index contributed by atoms with van der Waals surface area (Å²) in [5.41, 5.74) is 7.09. The second kappa shape index (κ2) is 6.63. The monoisotopic (exact) mass is 265 g/mol. The number of hydrogen-bond donors (Lipinski definition) is 1. The smallest absolute Gasteiger partial charge is 0.269 e. The van der Waals surface area contributed by atoms with Crippen LogP contribution in [0.1, 0.15) is 19.4 Å². The second-order valence-electron chi connectivity index (χ2n) is 5.78. The Kier molecular flexibility index (Phi) is 5.44. The maximum absolute atomic E-state index is 10.6. The second-order valence-corrected chi connectivity index (χ2v) is 5.78. The Hall–Kier alpha value is -1.46. The molecule has 5 heteroatoms. The van der Waals surface area contributed by atoms with E-state index in [-0.39, 0.29) is 16.0 Å². The lowest BCUT2D eigenvalue weighted by Gasteiger charge is -2.28. The number of hydrogen-bond acceptors (Lipinski definition) is 4. The molecule has 0 aliphatic carbocycles. The molecule has 0 fully saturated rings. The van der Waals surface area contributed by atoms with Crippen molar-refractivity contribution in [3.63, 3.8) is 0 Å². The molecule has 19 heavy (non-hydrogen) atoms. The Morgan fingerprint density at radius 1 is 1.32 bits per heavy atom. The summed E-state index contributed by atoms with van der Waals surface area (Å²) in [4.78, 5) is 12.4. The minimum absolute atomic E-state index is 0.115. The molecule has 0 bridgehead atoms. The molecule has 5 nitrogen and oxygen atoms in total. The van der Waals surface area contributed by atoms with E-state index in [0.717, 1.165) is 25.1 Å². The number of likely N-dealkylation sites (N-methyl/N-ethyl adjacent to an activating group) is 1. The van der Waals surface area contributed by atoms with Crippen molar-refractivity contribution >= 4 is 5.69 Å². The summed E-state index contributed by atoms with van der Waals surface area (Å²) in [6.07, 6.45) is 0.884. The van der Waals surface area contributed by atoms with E-state index < -0.39 is 0 Å². The van der Waals surface area contributed by atoms with Crippen molar-refractivity contribution < 1.29 is 4.92 Å². The highest BCUT2D eigenvalue weighted by molar-refractivity contribution is 5.32. The summed E-state index contributed by atoms with van der Waals surface area (Å²) >= 11 is 0. The zero-order valence-corrected chi connectivity index (χ0v) is 11.9. The van der Waals surface area contributed by atoms with Crippen LogP contribution in [0.2, 0.25) is 0 Å². The third-order valence-corrected chi connectivity index (χ3v) is 3.18. The van der Waals surface area contributed by atoms with Crippen molar-refractivity contribution in [1.82, 2.24) is 4.90 Å². The van der Waals surface area contributed by atoms with Gasteiger partial charge >= 0.3 is 0 Å². The van der Waals surface area contributed by atoms with Gasteiger partial charge in [-0.2, -0.15) is 0 Å². The van der Waals surface area contributed by atoms with Crippen LogP contribution in [0.4, 0.5) is 5.69 Å². The largest absolute Gasteiger partial charge is 0.330 e. The van der Waals surface area contributed by atoms with Gasteiger partial charge in [0.25, 0.3) is 5.69 Å². The van der Waals surface area contributed by atoms with Crippen molar-refractivity contribution in [2.45, 2.75) is 20.3 Å². The molecule has 106 valence electrons. The number of rotatable bonds is 7. The van der Waals surface area contributed by atoms with Crippen LogP contribution >= 0.6 is 0 Å². The maximum Gasteiger partial charge on any atom is 0.269 e. The first kappa shape index (κ1) is 15.6. The van der Waals surface area contributed by atoms with Crippen LogP contribution in [-0.4, -0.2) is 36.5 Å². The third-order valence-electron chi connectivity index (χ3n) is 3.18. The first-order valence-corrected chi connectivity index (χ1v) is 6.46.